The second-order valence-electron chi connectivity index (χ2n) is 5.28. The maximum atomic E-state index is 12.3. The van der Waals surface area contributed by atoms with Crippen LogP contribution in [0.5, 0.6) is 5.75 Å². The molecule has 0 fully saturated rings. The Morgan fingerprint density at radius 2 is 1.73 bits per heavy atom. The van der Waals surface area contributed by atoms with Crippen LogP contribution >= 0.6 is 0 Å². The van der Waals surface area contributed by atoms with Crippen molar-refractivity contribution in [1.29, 1.82) is 5.26 Å². The summed E-state index contributed by atoms with van der Waals surface area (Å²) in [6.07, 6.45) is -1.72. The average molecular weight is 359 g/mol. The highest BCUT2D eigenvalue weighted by molar-refractivity contribution is 5.75. The van der Waals surface area contributed by atoms with Gasteiger partial charge >= 0.3 is 6.36 Å². The number of alkyl halides is 3. The van der Waals surface area contributed by atoms with Gasteiger partial charge in [0.1, 0.15) is 18.4 Å². The van der Waals surface area contributed by atoms with Crippen LogP contribution in [0.1, 0.15) is 5.56 Å². The van der Waals surface area contributed by atoms with E-state index in [0.29, 0.717) is 16.7 Å². The van der Waals surface area contributed by atoms with Gasteiger partial charge in [0.05, 0.1) is 17.3 Å². The Bertz CT molecular complexity index is 931. The van der Waals surface area contributed by atoms with Gasteiger partial charge in [0.15, 0.2) is 0 Å². The lowest BCUT2D eigenvalue weighted by Crippen LogP contribution is -2.22. The molecule has 0 radical (unpaired) electrons. The van der Waals surface area contributed by atoms with E-state index < -0.39 is 6.36 Å². The molecule has 0 aliphatic carbocycles. The minimum atomic E-state index is -4.75. The number of nitriles is 1. The predicted molar refractivity (Wildman–Crippen MR) is 87.1 cm³/mol. The third-order valence-electron chi connectivity index (χ3n) is 3.65. The SMILES string of the molecule is CN(c1ccc(C#N)c(-c2ccc(OC(F)(F)F)cc2)c1)n1cnnc1. The van der Waals surface area contributed by atoms with E-state index in [2.05, 4.69) is 21.0 Å². The molecule has 0 N–H and O–H groups in total. The number of aromatic nitrogens is 3. The van der Waals surface area contributed by atoms with Crippen molar-refractivity contribution < 1.29 is 17.9 Å². The van der Waals surface area contributed by atoms with E-state index >= 15 is 0 Å². The van der Waals surface area contributed by atoms with Crippen LogP contribution in [0, 0.1) is 11.3 Å². The van der Waals surface area contributed by atoms with Gasteiger partial charge in [-0.15, -0.1) is 23.4 Å². The number of benzene rings is 2. The molecule has 0 saturated carbocycles. The van der Waals surface area contributed by atoms with Crippen molar-refractivity contribution in [1.82, 2.24) is 14.9 Å². The monoisotopic (exact) mass is 359 g/mol. The average Bonchev–Trinajstić information content (AvgIpc) is 3.14. The minimum absolute atomic E-state index is 0.322. The topological polar surface area (TPSA) is 67.0 Å². The first-order valence-electron chi connectivity index (χ1n) is 7.36. The quantitative estimate of drug-likeness (QED) is 0.712. The van der Waals surface area contributed by atoms with Crippen molar-refractivity contribution in [3.05, 3.63) is 60.7 Å². The molecule has 0 saturated heterocycles. The molecule has 26 heavy (non-hydrogen) atoms. The van der Waals surface area contributed by atoms with Crippen molar-refractivity contribution in [3.63, 3.8) is 0 Å². The molecule has 3 aromatic rings. The molecule has 1 heterocycles. The summed E-state index contributed by atoms with van der Waals surface area (Å²) < 4.78 is 42.3. The summed E-state index contributed by atoms with van der Waals surface area (Å²) >= 11 is 0. The number of nitrogens with zero attached hydrogens (tertiary/aromatic N) is 5. The molecule has 1 aromatic heterocycles. The third-order valence-corrected chi connectivity index (χ3v) is 3.65. The van der Waals surface area contributed by atoms with Crippen LogP contribution in [-0.4, -0.2) is 28.3 Å². The van der Waals surface area contributed by atoms with Crippen LogP contribution in [0.2, 0.25) is 0 Å². The van der Waals surface area contributed by atoms with Gasteiger partial charge in [-0.25, -0.2) is 4.68 Å². The molecule has 6 nitrogen and oxygen atoms in total. The molecule has 0 aliphatic rings. The maximum Gasteiger partial charge on any atom is 0.573 e. The zero-order chi connectivity index (χ0) is 18.7. The molecule has 132 valence electrons. The Labute approximate surface area is 146 Å². The lowest BCUT2D eigenvalue weighted by molar-refractivity contribution is -0.274. The van der Waals surface area contributed by atoms with E-state index in [-0.39, 0.29) is 5.75 Å². The van der Waals surface area contributed by atoms with E-state index in [1.54, 1.807) is 34.9 Å². The van der Waals surface area contributed by atoms with E-state index in [9.17, 15) is 18.4 Å². The summed E-state index contributed by atoms with van der Waals surface area (Å²) in [5, 5.41) is 18.6. The number of halogens is 3. The molecule has 3 rings (SSSR count). The highest BCUT2D eigenvalue weighted by Gasteiger charge is 2.31. The van der Waals surface area contributed by atoms with Crippen molar-refractivity contribution in [2.24, 2.45) is 0 Å². The first-order valence-corrected chi connectivity index (χ1v) is 7.36. The second-order valence-corrected chi connectivity index (χ2v) is 5.28. The summed E-state index contributed by atoms with van der Waals surface area (Å²) in [4.78, 5) is 0. The van der Waals surface area contributed by atoms with Gasteiger partial charge in [-0.1, -0.05) is 12.1 Å². The van der Waals surface area contributed by atoms with Gasteiger partial charge in [0.25, 0.3) is 0 Å². The van der Waals surface area contributed by atoms with Crippen LogP contribution in [0.3, 0.4) is 0 Å². The number of anilines is 1. The Kier molecular flexibility index (Phi) is 4.49. The first kappa shape index (κ1) is 17.3. The number of hydrogen-bond donors (Lipinski definition) is 0. The van der Waals surface area contributed by atoms with Gasteiger partial charge in [-0.05, 0) is 35.9 Å². The van der Waals surface area contributed by atoms with Gasteiger partial charge in [0, 0.05) is 12.6 Å². The van der Waals surface area contributed by atoms with Crippen LogP contribution in [-0.2, 0) is 0 Å². The number of hydrogen-bond acceptors (Lipinski definition) is 5. The number of ether oxygens (including phenoxy) is 1. The van der Waals surface area contributed by atoms with E-state index in [1.807, 2.05) is 0 Å². The lowest BCUT2D eigenvalue weighted by Gasteiger charge is -2.20. The highest BCUT2D eigenvalue weighted by Crippen LogP contribution is 2.31. The molecule has 0 spiro atoms. The zero-order valence-electron chi connectivity index (χ0n) is 13.5. The van der Waals surface area contributed by atoms with E-state index in [0.717, 1.165) is 5.69 Å². The molecule has 0 bridgehead atoms. The molecule has 2 aromatic carbocycles. The smallest absolute Gasteiger partial charge is 0.406 e. The van der Waals surface area contributed by atoms with Gasteiger partial charge in [-0.2, -0.15) is 5.26 Å². The van der Waals surface area contributed by atoms with Crippen LogP contribution in [0.25, 0.3) is 11.1 Å². The summed E-state index contributed by atoms with van der Waals surface area (Å²) in [5.74, 6) is -0.322. The first-order chi connectivity index (χ1) is 12.4. The second kappa shape index (κ2) is 6.76. The van der Waals surface area contributed by atoms with Crippen molar-refractivity contribution >= 4 is 5.69 Å². The normalized spacial score (nSPS) is 11.0. The van der Waals surface area contributed by atoms with Crippen molar-refractivity contribution in [2.45, 2.75) is 6.36 Å². The van der Waals surface area contributed by atoms with Gasteiger partial charge < -0.3 is 4.74 Å². The van der Waals surface area contributed by atoms with E-state index in [4.69, 9.17) is 0 Å². The standard InChI is InChI=1S/C17H12F3N5O/c1-24(25-10-22-23-11-25)14-5-2-13(9-21)16(8-14)12-3-6-15(7-4-12)26-17(18,19)20/h2-8,10-11H,1H3. The summed E-state index contributed by atoms with van der Waals surface area (Å²) in [6.45, 7) is 0. The van der Waals surface area contributed by atoms with E-state index in [1.165, 1.54) is 36.9 Å². The fourth-order valence-electron chi connectivity index (χ4n) is 2.39. The largest absolute Gasteiger partial charge is 0.573 e. The molecule has 9 heteroatoms. The lowest BCUT2D eigenvalue weighted by atomic mass is 9.99. The summed E-state index contributed by atoms with van der Waals surface area (Å²) in [7, 11) is 1.79. The van der Waals surface area contributed by atoms with Crippen LogP contribution in [0.4, 0.5) is 18.9 Å². The molecule has 0 amide bonds. The Morgan fingerprint density at radius 3 is 2.31 bits per heavy atom. The van der Waals surface area contributed by atoms with Gasteiger partial charge in [0.2, 0.25) is 0 Å². The van der Waals surface area contributed by atoms with Crippen molar-refractivity contribution in [2.75, 3.05) is 12.1 Å². The number of rotatable bonds is 4. The fourth-order valence-corrected chi connectivity index (χ4v) is 2.39. The van der Waals surface area contributed by atoms with Crippen LogP contribution < -0.4 is 9.75 Å². The molecule has 0 aliphatic heterocycles. The molecule has 0 atom stereocenters. The fraction of sp³-hybridized carbons (Fsp3) is 0.118. The minimum Gasteiger partial charge on any atom is -0.406 e. The highest BCUT2D eigenvalue weighted by atomic mass is 19.4. The maximum absolute atomic E-state index is 12.3. The Balaban J connectivity index is 1.96. The zero-order valence-corrected chi connectivity index (χ0v) is 13.5. The van der Waals surface area contributed by atoms with Crippen molar-refractivity contribution in [3.8, 4) is 22.9 Å². The summed E-state index contributed by atoms with van der Waals surface area (Å²) in [5.41, 5.74) is 2.32. The Morgan fingerprint density at radius 1 is 1.08 bits per heavy atom. The summed E-state index contributed by atoms with van der Waals surface area (Å²) in [6, 6.07) is 12.6. The Hall–Kier alpha value is -3.54. The molecular weight excluding hydrogens is 347 g/mol. The predicted octanol–water partition coefficient (Wildman–Crippen LogP) is 3.61. The third kappa shape index (κ3) is 3.75. The van der Waals surface area contributed by atoms with Crippen LogP contribution in [0.15, 0.2) is 55.1 Å². The van der Waals surface area contributed by atoms with Gasteiger partial charge in [-0.3, -0.25) is 5.01 Å². The molecule has 0 unspecified atom stereocenters. The molecular formula is C17H12F3N5O.